The average molecular weight is 370 g/mol. The third-order valence-corrected chi connectivity index (χ3v) is 3.98. The molecule has 5 heteroatoms. The van der Waals surface area contributed by atoms with Crippen molar-refractivity contribution >= 4 is 5.96 Å². The summed E-state index contributed by atoms with van der Waals surface area (Å²) in [6.07, 6.45) is 0.231. The van der Waals surface area contributed by atoms with Gasteiger partial charge in [-0.2, -0.15) is 0 Å². The zero-order chi connectivity index (χ0) is 19.5. The fraction of sp³-hybridized carbons (Fsp3) is 0.409. The van der Waals surface area contributed by atoms with Crippen molar-refractivity contribution in [3.63, 3.8) is 0 Å². The zero-order valence-electron chi connectivity index (χ0n) is 16.8. The van der Waals surface area contributed by atoms with Crippen molar-refractivity contribution in [2.24, 2.45) is 4.99 Å². The highest BCUT2D eigenvalue weighted by molar-refractivity contribution is 5.79. The van der Waals surface area contributed by atoms with Crippen molar-refractivity contribution in [3.8, 4) is 5.75 Å². The molecule has 0 aliphatic heterocycles. The maximum atomic E-state index is 5.68. The minimum Gasteiger partial charge on any atom is -0.494 e. The number of nitrogens with zero attached hydrogens (tertiary/aromatic N) is 1. The van der Waals surface area contributed by atoms with Crippen molar-refractivity contribution < 1.29 is 9.47 Å². The molecule has 0 saturated carbocycles. The van der Waals surface area contributed by atoms with E-state index < -0.39 is 0 Å². The first kappa shape index (κ1) is 20.8. The van der Waals surface area contributed by atoms with Crippen molar-refractivity contribution in [3.05, 3.63) is 65.2 Å². The Morgan fingerprint density at radius 2 is 1.74 bits per heavy atom. The van der Waals surface area contributed by atoms with Crippen LogP contribution < -0.4 is 15.4 Å². The number of nitrogens with one attached hydrogen (secondary N) is 2. The molecular formula is C22H31N3O2. The van der Waals surface area contributed by atoms with Crippen molar-refractivity contribution in [1.82, 2.24) is 10.6 Å². The molecule has 27 heavy (non-hydrogen) atoms. The van der Waals surface area contributed by atoms with E-state index in [-0.39, 0.29) is 6.10 Å². The smallest absolute Gasteiger partial charge is 0.191 e. The summed E-state index contributed by atoms with van der Waals surface area (Å²) >= 11 is 0. The molecule has 0 aliphatic carbocycles. The molecule has 0 radical (unpaired) electrons. The van der Waals surface area contributed by atoms with Gasteiger partial charge in [-0.3, -0.25) is 4.99 Å². The molecule has 5 nitrogen and oxygen atoms in total. The van der Waals surface area contributed by atoms with E-state index in [1.807, 2.05) is 39.0 Å². The number of ether oxygens (including phenoxy) is 2. The third kappa shape index (κ3) is 7.31. The molecule has 0 aromatic heterocycles. The third-order valence-electron chi connectivity index (χ3n) is 3.98. The van der Waals surface area contributed by atoms with Gasteiger partial charge in [-0.15, -0.1) is 0 Å². The summed E-state index contributed by atoms with van der Waals surface area (Å²) < 4.78 is 11.4. The van der Waals surface area contributed by atoms with E-state index >= 15 is 0 Å². The van der Waals surface area contributed by atoms with Gasteiger partial charge >= 0.3 is 0 Å². The molecule has 0 fully saturated rings. The minimum absolute atomic E-state index is 0.231. The molecule has 0 unspecified atom stereocenters. The van der Waals surface area contributed by atoms with Gasteiger partial charge in [0.25, 0.3) is 0 Å². The molecule has 0 spiro atoms. The summed E-state index contributed by atoms with van der Waals surface area (Å²) in [5.74, 6) is 1.66. The molecular weight excluding hydrogens is 338 g/mol. The lowest BCUT2D eigenvalue weighted by molar-refractivity contribution is 0.0657. The van der Waals surface area contributed by atoms with E-state index in [2.05, 4.69) is 46.0 Å². The summed E-state index contributed by atoms with van der Waals surface area (Å²) in [6.45, 7) is 8.72. The van der Waals surface area contributed by atoms with E-state index in [4.69, 9.17) is 9.47 Å². The molecule has 0 aliphatic rings. The highest BCUT2D eigenvalue weighted by Gasteiger charge is 2.05. The second-order valence-corrected chi connectivity index (χ2v) is 6.50. The van der Waals surface area contributed by atoms with Crippen LogP contribution in [0.25, 0.3) is 0 Å². The summed E-state index contributed by atoms with van der Waals surface area (Å²) in [6, 6.07) is 16.5. The lowest BCUT2D eigenvalue weighted by atomic mass is 10.1. The summed E-state index contributed by atoms with van der Waals surface area (Å²) in [5, 5.41) is 6.70. The molecule has 2 rings (SSSR count). The lowest BCUT2D eigenvalue weighted by Crippen LogP contribution is -2.36. The zero-order valence-corrected chi connectivity index (χ0v) is 16.8. The molecule has 0 heterocycles. The van der Waals surface area contributed by atoms with Gasteiger partial charge in [0.1, 0.15) is 5.75 Å². The van der Waals surface area contributed by atoms with Crippen LogP contribution in [0.2, 0.25) is 0 Å². The SMILES string of the molecule is CCOc1ccccc1CNC(=NC)NCc1cccc(COC(C)C)c1. The van der Waals surface area contributed by atoms with Crippen LogP contribution in [0.1, 0.15) is 37.5 Å². The highest BCUT2D eigenvalue weighted by atomic mass is 16.5. The Labute approximate surface area is 162 Å². The van der Waals surface area contributed by atoms with Crippen LogP contribution in [-0.2, 0) is 24.4 Å². The van der Waals surface area contributed by atoms with Gasteiger partial charge in [0.15, 0.2) is 5.96 Å². The molecule has 0 saturated heterocycles. The average Bonchev–Trinajstić information content (AvgIpc) is 2.68. The number of benzene rings is 2. The molecule has 0 bridgehead atoms. The van der Waals surface area contributed by atoms with Gasteiger partial charge in [0, 0.05) is 25.7 Å². The van der Waals surface area contributed by atoms with Crippen LogP contribution in [0.4, 0.5) is 0 Å². The van der Waals surface area contributed by atoms with Crippen molar-refractivity contribution in [2.45, 2.75) is 46.6 Å². The van der Waals surface area contributed by atoms with Crippen LogP contribution in [0.3, 0.4) is 0 Å². The van der Waals surface area contributed by atoms with Crippen molar-refractivity contribution in [2.75, 3.05) is 13.7 Å². The van der Waals surface area contributed by atoms with E-state index in [9.17, 15) is 0 Å². The van der Waals surface area contributed by atoms with E-state index in [0.29, 0.717) is 26.3 Å². The standard InChI is InChI=1S/C22H31N3O2/c1-5-26-21-12-7-6-11-20(21)15-25-22(23-4)24-14-18-9-8-10-19(13-18)16-27-17(2)3/h6-13,17H,5,14-16H2,1-4H3,(H2,23,24,25). The van der Waals surface area contributed by atoms with Crippen LogP contribution in [0.5, 0.6) is 5.75 Å². The van der Waals surface area contributed by atoms with Crippen LogP contribution in [0.15, 0.2) is 53.5 Å². The maximum absolute atomic E-state index is 5.68. The van der Waals surface area contributed by atoms with Crippen LogP contribution in [-0.4, -0.2) is 25.7 Å². The maximum Gasteiger partial charge on any atom is 0.191 e. The van der Waals surface area contributed by atoms with Gasteiger partial charge in [-0.25, -0.2) is 0 Å². The Hall–Kier alpha value is -2.53. The number of para-hydroxylation sites is 1. The first-order chi connectivity index (χ1) is 13.1. The summed E-state index contributed by atoms with van der Waals surface area (Å²) in [5.41, 5.74) is 3.48. The van der Waals surface area contributed by atoms with E-state index in [1.165, 1.54) is 11.1 Å². The molecule has 0 amide bonds. The number of hydrogen-bond donors (Lipinski definition) is 2. The fourth-order valence-electron chi connectivity index (χ4n) is 2.62. The molecule has 2 N–H and O–H groups in total. The number of rotatable bonds is 9. The molecule has 0 atom stereocenters. The first-order valence-electron chi connectivity index (χ1n) is 9.47. The number of aliphatic imine (C=N–C) groups is 1. The Balaban J connectivity index is 1.88. The van der Waals surface area contributed by atoms with Gasteiger partial charge in [0.05, 0.1) is 19.3 Å². The fourth-order valence-corrected chi connectivity index (χ4v) is 2.62. The number of guanidine groups is 1. The summed E-state index contributed by atoms with van der Waals surface area (Å²) in [4.78, 5) is 4.30. The second-order valence-electron chi connectivity index (χ2n) is 6.50. The molecule has 146 valence electrons. The quantitative estimate of drug-likeness (QED) is 0.520. The number of hydrogen-bond acceptors (Lipinski definition) is 3. The first-order valence-corrected chi connectivity index (χ1v) is 9.47. The Morgan fingerprint density at radius 1 is 1.00 bits per heavy atom. The van der Waals surface area contributed by atoms with Crippen LogP contribution >= 0.6 is 0 Å². The van der Waals surface area contributed by atoms with Gasteiger partial charge in [-0.1, -0.05) is 42.5 Å². The van der Waals surface area contributed by atoms with Gasteiger partial charge in [-0.05, 0) is 38.0 Å². The van der Waals surface area contributed by atoms with Gasteiger partial charge in [0.2, 0.25) is 0 Å². The monoisotopic (exact) mass is 369 g/mol. The Kier molecular flexibility index (Phi) is 8.65. The largest absolute Gasteiger partial charge is 0.494 e. The molecule has 2 aromatic rings. The van der Waals surface area contributed by atoms with E-state index in [1.54, 1.807) is 7.05 Å². The predicted molar refractivity (Wildman–Crippen MR) is 111 cm³/mol. The summed E-state index contributed by atoms with van der Waals surface area (Å²) in [7, 11) is 1.77. The minimum atomic E-state index is 0.231. The predicted octanol–water partition coefficient (Wildman–Crippen LogP) is 3.88. The Bertz CT molecular complexity index is 729. The molecule has 2 aromatic carbocycles. The second kappa shape index (κ2) is 11.2. The van der Waals surface area contributed by atoms with Gasteiger partial charge < -0.3 is 20.1 Å². The van der Waals surface area contributed by atoms with Crippen molar-refractivity contribution in [1.29, 1.82) is 0 Å². The van der Waals surface area contributed by atoms with Crippen LogP contribution in [0, 0.1) is 0 Å². The normalized spacial score (nSPS) is 11.5. The lowest BCUT2D eigenvalue weighted by Gasteiger charge is -2.15. The topological polar surface area (TPSA) is 54.9 Å². The van der Waals surface area contributed by atoms with E-state index in [0.717, 1.165) is 17.3 Å². The highest BCUT2D eigenvalue weighted by Crippen LogP contribution is 2.17. The Morgan fingerprint density at radius 3 is 2.48 bits per heavy atom.